The maximum Gasteiger partial charge on any atom is 0.129 e. The first-order valence-corrected chi connectivity index (χ1v) is 6.75. The zero-order valence-corrected chi connectivity index (χ0v) is 11.8. The average molecular weight is 286 g/mol. The second-order valence-corrected chi connectivity index (χ2v) is 5.77. The number of rotatable bonds is 6. The molecule has 90 valence electrons. The van der Waals surface area contributed by atoms with Crippen molar-refractivity contribution in [3.63, 3.8) is 0 Å². The predicted octanol–water partition coefficient (Wildman–Crippen LogP) is 3.40. The van der Waals surface area contributed by atoms with E-state index >= 15 is 0 Å². The second kappa shape index (κ2) is 6.84. The number of alkyl halides is 1. The van der Waals surface area contributed by atoms with Crippen LogP contribution in [0, 0.1) is 0 Å². The molecule has 0 spiro atoms. The van der Waals surface area contributed by atoms with E-state index < -0.39 is 0 Å². The molecule has 0 bridgehead atoms. The van der Waals surface area contributed by atoms with Gasteiger partial charge in [-0.3, -0.25) is 0 Å². The van der Waals surface area contributed by atoms with Gasteiger partial charge < -0.3 is 5.32 Å². The summed E-state index contributed by atoms with van der Waals surface area (Å²) >= 11 is 3.55. The van der Waals surface area contributed by atoms with Crippen molar-refractivity contribution in [1.82, 2.24) is 9.97 Å². The lowest BCUT2D eigenvalue weighted by molar-refractivity contribution is 0.704. The van der Waals surface area contributed by atoms with Crippen molar-refractivity contribution in [1.29, 1.82) is 0 Å². The average Bonchev–Trinajstić information content (AvgIpc) is 2.17. The maximum atomic E-state index is 4.24. The van der Waals surface area contributed by atoms with Crippen LogP contribution in [-0.4, -0.2) is 20.8 Å². The van der Waals surface area contributed by atoms with E-state index in [1.54, 1.807) is 6.33 Å². The van der Waals surface area contributed by atoms with Gasteiger partial charge in [-0.1, -0.05) is 36.2 Å². The van der Waals surface area contributed by atoms with E-state index in [1.807, 2.05) is 6.07 Å². The molecule has 1 aromatic rings. The van der Waals surface area contributed by atoms with Crippen LogP contribution in [0.5, 0.6) is 0 Å². The number of nitrogens with zero attached hydrogens (tertiary/aromatic N) is 2. The summed E-state index contributed by atoms with van der Waals surface area (Å²) in [5.74, 6) is 0.930. The van der Waals surface area contributed by atoms with Gasteiger partial charge in [-0.05, 0) is 19.8 Å². The van der Waals surface area contributed by atoms with Gasteiger partial charge in [0.1, 0.15) is 12.1 Å². The third-order valence-electron chi connectivity index (χ3n) is 2.30. The standard InChI is InChI=1S/C12H20BrN3/c1-4-5-11-7-12(15-8-14-11)16-10(3)6-9(2)13/h7-10H,4-6H2,1-3H3,(H,14,15,16). The Kier molecular flexibility index (Phi) is 5.74. The van der Waals surface area contributed by atoms with E-state index in [2.05, 4.69) is 52.0 Å². The molecule has 0 saturated carbocycles. The third-order valence-corrected chi connectivity index (χ3v) is 2.68. The summed E-state index contributed by atoms with van der Waals surface area (Å²) in [5.41, 5.74) is 1.11. The van der Waals surface area contributed by atoms with Crippen LogP contribution in [-0.2, 0) is 6.42 Å². The van der Waals surface area contributed by atoms with Crippen LogP contribution in [0.3, 0.4) is 0 Å². The van der Waals surface area contributed by atoms with E-state index in [9.17, 15) is 0 Å². The molecule has 4 heteroatoms. The lowest BCUT2D eigenvalue weighted by Crippen LogP contribution is -2.19. The molecule has 1 heterocycles. The molecule has 1 rings (SSSR count). The SMILES string of the molecule is CCCc1cc(NC(C)CC(C)Br)ncn1. The van der Waals surface area contributed by atoms with Crippen molar-refractivity contribution in [2.75, 3.05) is 5.32 Å². The number of anilines is 1. The number of hydrogen-bond acceptors (Lipinski definition) is 3. The van der Waals surface area contributed by atoms with Crippen LogP contribution in [0.15, 0.2) is 12.4 Å². The van der Waals surface area contributed by atoms with Crippen molar-refractivity contribution < 1.29 is 0 Å². The Morgan fingerprint density at radius 2 is 2.12 bits per heavy atom. The quantitative estimate of drug-likeness (QED) is 0.814. The Labute approximate surface area is 106 Å². The molecular weight excluding hydrogens is 266 g/mol. The van der Waals surface area contributed by atoms with Crippen molar-refractivity contribution in [2.45, 2.75) is 50.9 Å². The van der Waals surface area contributed by atoms with Gasteiger partial charge >= 0.3 is 0 Å². The van der Waals surface area contributed by atoms with Gasteiger partial charge in [0.2, 0.25) is 0 Å². The third kappa shape index (κ3) is 4.92. The molecule has 0 aliphatic rings. The summed E-state index contributed by atoms with van der Waals surface area (Å²) in [4.78, 5) is 8.99. The topological polar surface area (TPSA) is 37.8 Å². The number of hydrogen-bond donors (Lipinski definition) is 1. The smallest absolute Gasteiger partial charge is 0.129 e. The van der Waals surface area contributed by atoms with E-state index in [1.165, 1.54) is 0 Å². The van der Waals surface area contributed by atoms with E-state index in [4.69, 9.17) is 0 Å². The molecule has 0 saturated heterocycles. The Morgan fingerprint density at radius 3 is 2.75 bits per heavy atom. The molecule has 0 aliphatic carbocycles. The van der Waals surface area contributed by atoms with Gasteiger partial charge in [0.05, 0.1) is 0 Å². The van der Waals surface area contributed by atoms with Crippen LogP contribution in [0.4, 0.5) is 5.82 Å². The highest BCUT2D eigenvalue weighted by molar-refractivity contribution is 9.09. The minimum atomic E-state index is 0.416. The molecule has 2 atom stereocenters. The predicted molar refractivity (Wildman–Crippen MR) is 72.1 cm³/mol. The molecule has 1 aromatic heterocycles. The molecule has 1 N–H and O–H groups in total. The molecular formula is C12H20BrN3. The highest BCUT2D eigenvalue weighted by atomic mass is 79.9. The number of aryl methyl sites for hydroxylation is 1. The summed E-state index contributed by atoms with van der Waals surface area (Å²) in [6, 6.07) is 2.46. The summed E-state index contributed by atoms with van der Waals surface area (Å²) in [6.45, 7) is 6.48. The fourth-order valence-corrected chi connectivity index (χ4v) is 2.23. The minimum absolute atomic E-state index is 0.416. The molecule has 0 aromatic carbocycles. The van der Waals surface area contributed by atoms with Crippen LogP contribution in [0.2, 0.25) is 0 Å². The second-order valence-electron chi connectivity index (χ2n) is 4.21. The first-order chi connectivity index (χ1) is 7.61. The molecule has 0 amide bonds. The number of halogens is 1. The maximum absolute atomic E-state index is 4.24. The van der Waals surface area contributed by atoms with Crippen molar-refractivity contribution >= 4 is 21.7 Å². The normalized spacial score (nSPS) is 14.5. The van der Waals surface area contributed by atoms with Gasteiger partial charge in [-0.25, -0.2) is 9.97 Å². The van der Waals surface area contributed by atoms with E-state index in [0.717, 1.165) is 30.8 Å². The van der Waals surface area contributed by atoms with Crippen LogP contribution >= 0.6 is 15.9 Å². The van der Waals surface area contributed by atoms with Crippen molar-refractivity contribution in [2.24, 2.45) is 0 Å². The van der Waals surface area contributed by atoms with Crippen LogP contribution in [0.1, 0.15) is 39.3 Å². The molecule has 2 unspecified atom stereocenters. The Morgan fingerprint density at radius 1 is 1.38 bits per heavy atom. The van der Waals surface area contributed by atoms with Gasteiger partial charge in [-0.2, -0.15) is 0 Å². The highest BCUT2D eigenvalue weighted by Gasteiger charge is 2.06. The van der Waals surface area contributed by atoms with Gasteiger partial charge in [0.15, 0.2) is 0 Å². The Hall–Kier alpha value is -0.640. The van der Waals surface area contributed by atoms with Gasteiger partial charge in [0, 0.05) is 22.6 Å². The molecule has 0 radical (unpaired) electrons. The summed E-state index contributed by atoms with van der Waals surface area (Å²) in [5, 5.41) is 3.39. The van der Waals surface area contributed by atoms with Crippen molar-refractivity contribution in [3.05, 3.63) is 18.1 Å². The fraction of sp³-hybridized carbons (Fsp3) is 0.667. The number of nitrogens with one attached hydrogen (secondary N) is 1. The minimum Gasteiger partial charge on any atom is -0.367 e. The highest BCUT2D eigenvalue weighted by Crippen LogP contribution is 2.12. The Bertz CT molecular complexity index is 315. The van der Waals surface area contributed by atoms with Gasteiger partial charge in [-0.15, -0.1) is 0 Å². The fourth-order valence-electron chi connectivity index (χ4n) is 1.67. The number of aromatic nitrogens is 2. The summed E-state index contributed by atoms with van der Waals surface area (Å²) in [6.07, 6.45) is 4.84. The first kappa shape index (κ1) is 13.4. The zero-order chi connectivity index (χ0) is 12.0. The summed E-state index contributed by atoms with van der Waals surface area (Å²) < 4.78 is 0. The first-order valence-electron chi connectivity index (χ1n) is 5.83. The van der Waals surface area contributed by atoms with E-state index in [0.29, 0.717) is 10.9 Å². The monoisotopic (exact) mass is 285 g/mol. The Balaban J connectivity index is 2.55. The largest absolute Gasteiger partial charge is 0.367 e. The molecule has 0 fully saturated rings. The lowest BCUT2D eigenvalue weighted by atomic mass is 10.2. The molecule has 16 heavy (non-hydrogen) atoms. The van der Waals surface area contributed by atoms with E-state index in [-0.39, 0.29) is 0 Å². The molecule has 3 nitrogen and oxygen atoms in total. The summed E-state index contributed by atoms with van der Waals surface area (Å²) in [7, 11) is 0. The van der Waals surface area contributed by atoms with Crippen LogP contribution < -0.4 is 5.32 Å². The lowest BCUT2D eigenvalue weighted by Gasteiger charge is -2.15. The zero-order valence-electron chi connectivity index (χ0n) is 10.2. The van der Waals surface area contributed by atoms with Gasteiger partial charge in [0.25, 0.3) is 0 Å². The molecule has 0 aliphatic heterocycles. The van der Waals surface area contributed by atoms with Crippen LogP contribution in [0.25, 0.3) is 0 Å². The van der Waals surface area contributed by atoms with Crippen molar-refractivity contribution in [3.8, 4) is 0 Å².